The van der Waals surface area contributed by atoms with Gasteiger partial charge in [0.05, 0.1) is 0 Å². The number of nitrogens with one attached hydrogen (secondary N) is 1. The van der Waals surface area contributed by atoms with Crippen molar-refractivity contribution in [3.8, 4) is 0 Å². The largest absolute Gasteiger partial charge is 0.378 e. The van der Waals surface area contributed by atoms with Gasteiger partial charge in [0.25, 0.3) is 0 Å². The number of anilines is 2. The second-order valence-electron chi connectivity index (χ2n) is 6.29. The number of amides is 1. The first-order valence-corrected chi connectivity index (χ1v) is 7.84. The van der Waals surface area contributed by atoms with Gasteiger partial charge in [-0.3, -0.25) is 4.79 Å². The van der Waals surface area contributed by atoms with Crippen molar-refractivity contribution < 1.29 is 4.79 Å². The van der Waals surface area contributed by atoms with Crippen LogP contribution >= 0.6 is 0 Å². The molecular weight excluding hydrogens is 262 g/mol. The Morgan fingerprint density at radius 1 is 1.33 bits per heavy atom. The van der Waals surface area contributed by atoms with Crippen molar-refractivity contribution in [3.05, 3.63) is 24.3 Å². The number of hydrogen-bond donors (Lipinski definition) is 1. The Morgan fingerprint density at radius 3 is 2.67 bits per heavy atom. The molecule has 116 valence electrons. The van der Waals surface area contributed by atoms with Gasteiger partial charge in [0.1, 0.15) is 0 Å². The lowest BCUT2D eigenvalue weighted by Crippen LogP contribution is -2.36. The number of likely N-dealkylation sites (tertiary alicyclic amines) is 1. The van der Waals surface area contributed by atoms with Gasteiger partial charge in [0.2, 0.25) is 5.91 Å². The normalized spacial score (nSPS) is 19.3. The van der Waals surface area contributed by atoms with Crippen LogP contribution in [0.2, 0.25) is 0 Å². The van der Waals surface area contributed by atoms with E-state index in [1.807, 2.05) is 43.3 Å². The monoisotopic (exact) mass is 289 g/mol. The fourth-order valence-electron chi connectivity index (χ4n) is 2.82. The van der Waals surface area contributed by atoms with Crippen LogP contribution in [0.25, 0.3) is 0 Å². The molecule has 4 nitrogen and oxygen atoms in total. The Kier molecular flexibility index (Phi) is 5.62. The lowest BCUT2D eigenvalue weighted by atomic mass is 10.0. The van der Waals surface area contributed by atoms with Crippen molar-refractivity contribution in [2.75, 3.05) is 43.9 Å². The van der Waals surface area contributed by atoms with E-state index < -0.39 is 0 Å². The summed E-state index contributed by atoms with van der Waals surface area (Å²) in [6.45, 7) is 5.42. The second kappa shape index (κ2) is 7.46. The Hall–Kier alpha value is -1.55. The molecule has 0 aromatic heterocycles. The van der Waals surface area contributed by atoms with Gasteiger partial charge in [-0.25, -0.2) is 0 Å². The Bertz CT molecular complexity index is 456. The minimum Gasteiger partial charge on any atom is -0.378 e. The summed E-state index contributed by atoms with van der Waals surface area (Å²) in [4.78, 5) is 16.5. The van der Waals surface area contributed by atoms with Gasteiger partial charge in [0, 0.05) is 45.0 Å². The minimum atomic E-state index is 0.103. The second-order valence-corrected chi connectivity index (χ2v) is 6.29. The maximum absolute atomic E-state index is 12.0. The molecule has 0 saturated carbocycles. The van der Waals surface area contributed by atoms with E-state index in [-0.39, 0.29) is 5.91 Å². The predicted molar refractivity (Wildman–Crippen MR) is 88.9 cm³/mol. The molecule has 0 aliphatic carbocycles. The molecule has 1 atom stereocenters. The average molecular weight is 289 g/mol. The fraction of sp³-hybridized carbons (Fsp3) is 0.588. The summed E-state index contributed by atoms with van der Waals surface area (Å²) in [5.74, 6) is 0.867. The van der Waals surface area contributed by atoms with Crippen molar-refractivity contribution >= 4 is 17.3 Å². The Balaban J connectivity index is 1.76. The summed E-state index contributed by atoms with van der Waals surface area (Å²) >= 11 is 0. The number of carbonyl (C=O) groups excluding carboxylic acids is 1. The van der Waals surface area contributed by atoms with Crippen LogP contribution in [0.5, 0.6) is 0 Å². The summed E-state index contributed by atoms with van der Waals surface area (Å²) in [6.07, 6.45) is 3.15. The van der Waals surface area contributed by atoms with Crippen molar-refractivity contribution in [1.29, 1.82) is 0 Å². The van der Waals surface area contributed by atoms with Gasteiger partial charge in [-0.2, -0.15) is 0 Å². The smallest absolute Gasteiger partial charge is 0.225 e. The molecule has 1 aromatic carbocycles. The number of piperidine rings is 1. The van der Waals surface area contributed by atoms with Crippen molar-refractivity contribution in [2.45, 2.75) is 26.2 Å². The lowest BCUT2D eigenvalue weighted by molar-refractivity contribution is -0.116. The number of nitrogens with zero attached hydrogens (tertiary/aromatic N) is 2. The quantitative estimate of drug-likeness (QED) is 0.905. The third-order valence-corrected chi connectivity index (χ3v) is 4.06. The Morgan fingerprint density at radius 2 is 2.05 bits per heavy atom. The summed E-state index contributed by atoms with van der Waals surface area (Å²) in [5.41, 5.74) is 2.01. The highest BCUT2D eigenvalue weighted by Crippen LogP contribution is 2.17. The molecule has 1 aliphatic rings. The summed E-state index contributed by atoms with van der Waals surface area (Å²) in [6, 6.07) is 7.94. The molecule has 1 unspecified atom stereocenters. The molecule has 1 heterocycles. The number of carbonyl (C=O) groups is 1. The number of benzene rings is 1. The van der Waals surface area contributed by atoms with Crippen LogP contribution in [0.1, 0.15) is 26.2 Å². The average Bonchev–Trinajstić information content (AvgIpc) is 2.46. The zero-order valence-electron chi connectivity index (χ0n) is 13.4. The standard InChI is InChI=1S/C17H27N3O/c1-14-5-4-11-20(13-14)12-10-17(21)18-15-6-8-16(9-7-15)19(2)3/h6-9,14H,4-5,10-13H2,1-3H3,(H,18,21). The molecule has 0 spiro atoms. The summed E-state index contributed by atoms with van der Waals surface area (Å²) in [5, 5.41) is 2.97. The zero-order valence-corrected chi connectivity index (χ0v) is 13.4. The first-order chi connectivity index (χ1) is 10.0. The topological polar surface area (TPSA) is 35.6 Å². The van der Waals surface area contributed by atoms with E-state index in [1.165, 1.54) is 12.8 Å². The van der Waals surface area contributed by atoms with Crippen LogP contribution in [0.4, 0.5) is 11.4 Å². The molecular formula is C17H27N3O. The van der Waals surface area contributed by atoms with Crippen LogP contribution in [0, 0.1) is 5.92 Å². The van der Waals surface area contributed by atoms with Gasteiger partial charge in [-0.05, 0) is 49.6 Å². The number of rotatable bonds is 5. The van der Waals surface area contributed by atoms with E-state index in [4.69, 9.17) is 0 Å². The van der Waals surface area contributed by atoms with E-state index in [0.717, 1.165) is 36.9 Å². The highest BCUT2D eigenvalue weighted by atomic mass is 16.1. The van der Waals surface area contributed by atoms with Crippen LogP contribution < -0.4 is 10.2 Å². The molecule has 1 fully saturated rings. The maximum Gasteiger partial charge on any atom is 0.225 e. The first kappa shape index (κ1) is 15.8. The maximum atomic E-state index is 12.0. The SMILES string of the molecule is CC1CCCN(CCC(=O)Nc2ccc(N(C)C)cc2)C1. The van der Waals surface area contributed by atoms with Crippen molar-refractivity contribution in [2.24, 2.45) is 5.92 Å². The molecule has 1 aromatic rings. The summed E-state index contributed by atoms with van der Waals surface area (Å²) in [7, 11) is 4.01. The van der Waals surface area contributed by atoms with E-state index in [1.54, 1.807) is 0 Å². The highest BCUT2D eigenvalue weighted by Gasteiger charge is 2.16. The third-order valence-electron chi connectivity index (χ3n) is 4.06. The van der Waals surface area contributed by atoms with Crippen molar-refractivity contribution in [1.82, 2.24) is 4.90 Å². The Labute approximate surface area is 128 Å². The molecule has 1 aliphatic heterocycles. The van der Waals surface area contributed by atoms with Gasteiger partial charge < -0.3 is 15.1 Å². The van der Waals surface area contributed by atoms with Gasteiger partial charge in [-0.1, -0.05) is 6.92 Å². The van der Waals surface area contributed by atoms with Crippen LogP contribution in [-0.4, -0.2) is 44.5 Å². The molecule has 0 bridgehead atoms. The highest BCUT2D eigenvalue weighted by molar-refractivity contribution is 5.91. The molecule has 1 saturated heterocycles. The van der Waals surface area contributed by atoms with Crippen LogP contribution in [-0.2, 0) is 4.79 Å². The first-order valence-electron chi connectivity index (χ1n) is 7.84. The molecule has 0 radical (unpaired) electrons. The minimum absolute atomic E-state index is 0.103. The molecule has 21 heavy (non-hydrogen) atoms. The van der Waals surface area contributed by atoms with E-state index in [2.05, 4.69) is 17.1 Å². The van der Waals surface area contributed by atoms with Crippen LogP contribution in [0.3, 0.4) is 0 Å². The molecule has 4 heteroatoms. The van der Waals surface area contributed by atoms with Crippen molar-refractivity contribution in [3.63, 3.8) is 0 Å². The van der Waals surface area contributed by atoms with Crippen LogP contribution in [0.15, 0.2) is 24.3 Å². The van der Waals surface area contributed by atoms with Gasteiger partial charge >= 0.3 is 0 Å². The molecule has 1 N–H and O–H groups in total. The van der Waals surface area contributed by atoms with E-state index in [0.29, 0.717) is 6.42 Å². The van der Waals surface area contributed by atoms with Gasteiger partial charge in [0.15, 0.2) is 0 Å². The van der Waals surface area contributed by atoms with Gasteiger partial charge in [-0.15, -0.1) is 0 Å². The summed E-state index contributed by atoms with van der Waals surface area (Å²) < 4.78 is 0. The van der Waals surface area contributed by atoms with E-state index in [9.17, 15) is 4.79 Å². The zero-order chi connectivity index (χ0) is 15.2. The van der Waals surface area contributed by atoms with E-state index >= 15 is 0 Å². The number of hydrogen-bond acceptors (Lipinski definition) is 3. The third kappa shape index (κ3) is 5.05. The predicted octanol–water partition coefficient (Wildman–Crippen LogP) is 2.81. The molecule has 2 rings (SSSR count). The fourth-order valence-corrected chi connectivity index (χ4v) is 2.82. The lowest BCUT2D eigenvalue weighted by Gasteiger charge is -2.30. The molecule has 1 amide bonds.